The summed E-state index contributed by atoms with van der Waals surface area (Å²) < 4.78 is 18.3. The van der Waals surface area contributed by atoms with Crippen molar-refractivity contribution in [1.29, 1.82) is 0 Å². The van der Waals surface area contributed by atoms with Gasteiger partial charge in [-0.05, 0) is 51.2 Å². The summed E-state index contributed by atoms with van der Waals surface area (Å²) >= 11 is 0. The molecule has 0 spiro atoms. The largest absolute Gasteiger partial charge is 0.396 e. The highest BCUT2D eigenvalue weighted by molar-refractivity contribution is 6.71. The second-order valence-corrected chi connectivity index (χ2v) is 9.82. The first-order valence-corrected chi connectivity index (χ1v) is 10.1. The van der Waals surface area contributed by atoms with Crippen LogP contribution in [0.15, 0.2) is 0 Å². The summed E-state index contributed by atoms with van der Waals surface area (Å²) in [7, 11) is 3.19. The average molecular weight is 302 g/mol. The highest BCUT2D eigenvalue weighted by Crippen LogP contribution is 2.45. The van der Waals surface area contributed by atoms with Crippen LogP contribution in [0, 0.1) is 0 Å². The summed E-state index contributed by atoms with van der Waals surface area (Å²) in [5, 5.41) is -0.214. The van der Waals surface area contributed by atoms with Crippen molar-refractivity contribution < 1.29 is 13.6 Å². The highest BCUT2D eigenvalue weighted by Gasteiger charge is 2.64. The molecule has 0 amide bonds. The van der Waals surface area contributed by atoms with Crippen LogP contribution in [-0.2, 0) is 13.6 Å². The maximum atomic E-state index is 6.21. The Morgan fingerprint density at radius 3 is 2.25 bits per heavy atom. The van der Waals surface area contributed by atoms with E-state index in [0.29, 0.717) is 6.04 Å². The van der Waals surface area contributed by atoms with Crippen molar-refractivity contribution in [3.8, 4) is 0 Å². The van der Waals surface area contributed by atoms with Gasteiger partial charge in [0.25, 0.3) is 0 Å². The van der Waals surface area contributed by atoms with E-state index in [9.17, 15) is 0 Å². The van der Waals surface area contributed by atoms with Gasteiger partial charge in [0, 0.05) is 27.4 Å². The Balaban J connectivity index is 2.37. The zero-order chi connectivity index (χ0) is 14.6. The summed E-state index contributed by atoms with van der Waals surface area (Å²) in [6.07, 6.45) is 7.20. The van der Waals surface area contributed by atoms with Crippen LogP contribution < -0.4 is 0 Å². The first-order chi connectivity index (χ1) is 9.69. The molecule has 2 saturated heterocycles. The molecular formula is C15H31NO3Si. The van der Waals surface area contributed by atoms with Gasteiger partial charge in [-0.15, -0.1) is 0 Å². The standard InChI is InChI=1S/C15H31NO3Si/c1-5-10-15(17-2)14(16-11-6-7-12-16)9-8-13-20(15,18-3)19-4/h14H,5-13H2,1-4H3. The lowest BCUT2D eigenvalue weighted by atomic mass is 9.98. The van der Waals surface area contributed by atoms with Gasteiger partial charge in [0.05, 0.1) is 0 Å². The van der Waals surface area contributed by atoms with Crippen LogP contribution in [0.25, 0.3) is 0 Å². The van der Waals surface area contributed by atoms with Crippen LogP contribution in [0.4, 0.5) is 0 Å². The fourth-order valence-electron chi connectivity index (χ4n) is 4.51. The van der Waals surface area contributed by atoms with Crippen molar-refractivity contribution in [1.82, 2.24) is 4.90 Å². The summed E-state index contributed by atoms with van der Waals surface area (Å²) in [6, 6.07) is 1.52. The second-order valence-electron chi connectivity index (χ2n) is 6.16. The zero-order valence-electron chi connectivity index (χ0n) is 13.6. The third-order valence-corrected chi connectivity index (χ3v) is 9.80. The third kappa shape index (κ3) is 2.48. The van der Waals surface area contributed by atoms with E-state index in [1.807, 2.05) is 21.3 Å². The maximum Gasteiger partial charge on any atom is 0.372 e. The molecule has 20 heavy (non-hydrogen) atoms. The van der Waals surface area contributed by atoms with Crippen LogP contribution >= 0.6 is 0 Å². The molecule has 0 aromatic rings. The van der Waals surface area contributed by atoms with Crippen molar-refractivity contribution >= 4 is 8.56 Å². The van der Waals surface area contributed by atoms with Gasteiger partial charge in [-0.2, -0.15) is 0 Å². The first-order valence-electron chi connectivity index (χ1n) is 8.09. The Morgan fingerprint density at radius 1 is 1.10 bits per heavy atom. The van der Waals surface area contributed by atoms with Crippen LogP contribution in [0.3, 0.4) is 0 Å². The molecule has 2 unspecified atom stereocenters. The van der Waals surface area contributed by atoms with E-state index in [2.05, 4.69) is 11.8 Å². The minimum Gasteiger partial charge on any atom is -0.396 e. The minimum absolute atomic E-state index is 0.214. The fourth-order valence-corrected chi connectivity index (χ4v) is 8.65. The number of nitrogens with zero attached hydrogens (tertiary/aromatic N) is 1. The van der Waals surface area contributed by atoms with E-state index in [1.54, 1.807) is 0 Å². The van der Waals surface area contributed by atoms with Gasteiger partial charge in [-0.3, -0.25) is 4.90 Å². The molecule has 4 nitrogen and oxygen atoms in total. The predicted octanol–water partition coefficient (Wildman–Crippen LogP) is 2.70. The summed E-state index contributed by atoms with van der Waals surface area (Å²) in [6.45, 7) is 4.65. The van der Waals surface area contributed by atoms with Gasteiger partial charge in [-0.1, -0.05) is 13.3 Å². The number of likely N-dealkylation sites (tertiary alicyclic amines) is 1. The Kier molecular flexibility index (Phi) is 5.65. The van der Waals surface area contributed by atoms with Crippen LogP contribution in [-0.4, -0.2) is 59.1 Å². The Bertz CT molecular complexity index is 305. The van der Waals surface area contributed by atoms with Gasteiger partial charge in [0.15, 0.2) is 0 Å². The predicted molar refractivity (Wildman–Crippen MR) is 83.1 cm³/mol. The molecule has 0 aromatic carbocycles. The smallest absolute Gasteiger partial charge is 0.372 e. The van der Waals surface area contributed by atoms with E-state index in [1.165, 1.54) is 38.8 Å². The monoisotopic (exact) mass is 301 g/mol. The minimum atomic E-state index is -2.33. The van der Waals surface area contributed by atoms with Gasteiger partial charge in [0.1, 0.15) is 5.22 Å². The Labute approximate surface area is 125 Å². The number of hydrogen-bond donors (Lipinski definition) is 0. The molecule has 0 aromatic heterocycles. The lowest BCUT2D eigenvalue weighted by molar-refractivity contribution is -0.0689. The maximum absolute atomic E-state index is 6.21. The molecule has 0 bridgehead atoms. The lowest BCUT2D eigenvalue weighted by Gasteiger charge is -2.54. The number of methoxy groups -OCH3 is 1. The number of ether oxygens (including phenoxy) is 1. The van der Waals surface area contributed by atoms with E-state index < -0.39 is 8.56 Å². The molecule has 118 valence electrons. The third-order valence-electron chi connectivity index (χ3n) is 5.39. The first kappa shape index (κ1) is 16.4. The van der Waals surface area contributed by atoms with E-state index in [-0.39, 0.29) is 5.22 Å². The topological polar surface area (TPSA) is 30.9 Å². The molecule has 5 heteroatoms. The van der Waals surface area contributed by atoms with E-state index in [0.717, 1.165) is 18.9 Å². The van der Waals surface area contributed by atoms with Crippen molar-refractivity contribution in [3.05, 3.63) is 0 Å². The van der Waals surface area contributed by atoms with Crippen molar-refractivity contribution in [2.75, 3.05) is 34.4 Å². The zero-order valence-corrected chi connectivity index (χ0v) is 14.6. The summed E-state index contributed by atoms with van der Waals surface area (Å²) in [5.41, 5.74) is 0. The molecule has 0 saturated carbocycles. The molecule has 2 atom stereocenters. The number of hydrogen-bond acceptors (Lipinski definition) is 4. The molecular weight excluding hydrogens is 270 g/mol. The molecule has 2 rings (SSSR count). The van der Waals surface area contributed by atoms with Crippen molar-refractivity contribution in [2.24, 2.45) is 0 Å². The molecule has 0 radical (unpaired) electrons. The molecule has 2 heterocycles. The van der Waals surface area contributed by atoms with Crippen LogP contribution in [0.1, 0.15) is 45.4 Å². The molecule has 0 N–H and O–H groups in total. The highest BCUT2D eigenvalue weighted by atomic mass is 28.4. The van der Waals surface area contributed by atoms with Crippen LogP contribution in [0.5, 0.6) is 0 Å². The quantitative estimate of drug-likeness (QED) is 0.706. The summed E-state index contributed by atoms with van der Waals surface area (Å²) in [4.78, 5) is 2.64. The molecule has 2 aliphatic heterocycles. The Morgan fingerprint density at radius 2 is 1.75 bits per heavy atom. The Hall–Kier alpha value is 0.0569. The normalized spacial score (nSPS) is 34.5. The molecule has 2 aliphatic rings. The average Bonchev–Trinajstić information content (AvgIpc) is 3.01. The van der Waals surface area contributed by atoms with Crippen molar-refractivity contribution in [3.63, 3.8) is 0 Å². The van der Waals surface area contributed by atoms with Crippen molar-refractivity contribution in [2.45, 2.75) is 62.8 Å². The molecule has 2 fully saturated rings. The summed E-state index contributed by atoms with van der Waals surface area (Å²) in [5.74, 6) is 0. The lowest BCUT2D eigenvalue weighted by Crippen LogP contribution is -2.73. The SMILES string of the molecule is CCCC1(OC)C(N2CCCC2)CCC[Si]1(OC)OC. The van der Waals surface area contributed by atoms with Gasteiger partial charge >= 0.3 is 8.56 Å². The van der Waals surface area contributed by atoms with Gasteiger partial charge in [0.2, 0.25) is 0 Å². The van der Waals surface area contributed by atoms with E-state index >= 15 is 0 Å². The number of rotatable bonds is 6. The van der Waals surface area contributed by atoms with Crippen LogP contribution in [0.2, 0.25) is 6.04 Å². The van der Waals surface area contributed by atoms with Gasteiger partial charge in [-0.25, -0.2) is 0 Å². The van der Waals surface area contributed by atoms with Gasteiger partial charge < -0.3 is 13.6 Å². The molecule has 0 aliphatic carbocycles. The van der Waals surface area contributed by atoms with E-state index in [4.69, 9.17) is 13.6 Å². The fraction of sp³-hybridized carbons (Fsp3) is 1.00. The second kappa shape index (κ2) is 6.88.